The predicted molar refractivity (Wildman–Crippen MR) is 78.8 cm³/mol. The molecule has 0 fully saturated rings. The van der Waals surface area contributed by atoms with Crippen LogP contribution in [-0.4, -0.2) is 9.97 Å². The second-order valence-electron chi connectivity index (χ2n) is 3.88. The van der Waals surface area contributed by atoms with Crippen molar-refractivity contribution in [2.45, 2.75) is 0 Å². The van der Waals surface area contributed by atoms with Crippen LogP contribution in [0.4, 0.5) is 0 Å². The van der Waals surface area contributed by atoms with Gasteiger partial charge in [0, 0.05) is 0 Å². The van der Waals surface area contributed by atoms with Crippen molar-refractivity contribution >= 4 is 38.3 Å². The standard InChI is InChI=1S/C14H8BrClN2O/c15-13-11-4-2-1-3-9(11)5-6-12(13)19-14-17-7-10(16)8-18-14/h1-8H. The summed E-state index contributed by atoms with van der Waals surface area (Å²) in [6.07, 6.45) is 3.00. The third kappa shape index (κ3) is 2.55. The monoisotopic (exact) mass is 334 g/mol. The fourth-order valence-electron chi connectivity index (χ4n) is 1.74. The Balaban J connectivity index is 2.01. The Kier molecular flexibility index (Phi) is 3.36. The van der Waals surface area contributed by atoms with Crippen LogP contribution in [0.2, 0.25) is 5.02 Å². The smallest absolute Gasteiger partial charge is 0.321 e. The highest BCUT2D eigenvalue weighted by Crippen LogP contribution is 2.34. The molecule has 0 bridgehead atoms. The number of fused-ring (bicyclic) bond motifs is 1. The first-order chi connectivity index (χ1) is 9.24. The van der Waals surface area contributed by atoms with Crippen LogP contribution in [-0.2, 0) is 0 Å². The van der Waals surface area contributed by atoms with Gasteiger partial charge in [0.15, 0.2) is 0 Å². The molecule has 19 heavy (non-hydrogen) atoms. The molecule has 2 aromatic carbocycles. The maximum absolute atomic E-state index is 5.73. The Morgan fingerprint density at radius 2 is 1.74 bits per heavy atom. The summed E-state index contributed by atoms with van der Waals surface area (Å²) in [4.78, 5) is 8.02. The van der Waals surface area contributed by atoms with Crippen LogP contribution in [0.5, 0.6) is 11.8 Å². The maximum atomic E-state index is 5.73. The van der Waals surface area contributed by atoms with Gasteiger partial charge in [0.25, 0.3) is 0 Å². The topological polar surface area (TPSA) is 35.0 Å². The molecule has 0 aliphatic heterocycles. The highest BCUT2D eigenvalue weighted by atomic mass is 79.9. The van der Waals surface area contributed by atoms with E-state index in [1.807, 2.05) is 36.4 Å². The van der Waals surface area contributed by atoms with E-state index in [9.17, 15) is 0 Å². The molecule has 0 amide bonds. The molecule has 0 N–H and O–H groups in total. The third-order valence-electron chi connectivity index (χ3n) is 2.63. The molecule has 0 radical (unpaired) electrons. The molecule has 0 saturated heterocycles. The molecular formula is C14H8BrClN2O. The van der Waals surface area contributed by atoms with Gasteiger partial charge >= 0.3 is 6.01 Å². The fourth-order valence-corrected chi connectivity index (χ4v) is 2.42. The molecule has 0 atom stereocenters. The van der Waals surface area contributed by atoms with E-state index in [1.165, 1.54) is 12.4 Å². The van der Waals surface area contributed by atoms with E-state index in [0.717, 1.165) is 15.2 Å². The zero-order valence-electron chi connectivity index (χ0n) is 9.68. The highest BCUT2D eigenvalue weighted by molar-refractivity contribution is 9.10. The lowest BCUT2D eigenvalue weighted by atomic mass is 10.1. The van der Waals surface area contributed by atoms with Crippen LogP contribution in [0.3, 0.4) is 0 Å². The summed E-state index contributed by atoms with van der Waals surface area (Å²) in [6.45, 7) is 0. The van der Waals surface area contributed by atoms with E-state index in [-0.39, 0.29) is 6.01 Å². The minimum Gasteiger partial charge on any atom is -0.423 e. The van der Waals surface area contributed by atoms with Crippen molar-refractivity contribution in [3.05, 3.63) is 58.3 Å². The van der Waals surface area contributed by atoms with E-state index in [1.54, 1.807) is 0 Å². The van der Waals surface area contributed by atoms with Crippen LogP contribution in [0.15, 0.2) is 53.3 Å². The number of nitrogens with zero attached hydrogens (tertiary/aromatic N) is 2. The van der Waals surface area contributed by atoms with Crippen molar-refractivity contribution < 1.29 is 4.74 Å². The van der Waals surface area contributed by atoms with Gasteiger partial charge in [-0.2, -0.15) is 0 Å². The summed E-state index contributed by atoms with van der Waals surface area (Å²) < 4.78 is 6.52. The molecule has 3 nitrogen and oxygen atoms in total. The lowest BCUT2D eigenvalue weighted by Gasteiger charge is -2.08. The Morgan fingerprint density at radius 1 is 1.00 bits per heavy atom. The van der Waals surface area contributed by atoms with Gasteiger partial charge in [0.2, 0.25) is 0 Å². The molecule has 1 heterocycles. The van der Waals surface area contributed by atoms with Crippen LogP contribution < -0.4 is 4.74 Å². The van der Waals surface area contributed by atoms with Crippen LogP contribution in [0, 0.1) is 0 Å². The van der Waals surface area contributed by atoms with E-state index in [4.69, 9.17) is 16.3 Å². The Bertz CT molecular complexity index is 731. The zero-order valence-corrected chi connectivity index (χ0v) is 12.0. The summed E-state index contributed by atoms with van der Waals surface area (Å²) in [6, 6.07) is 12.2. The summed E-state index contributed by atoms with van der Waals surface area (Å²) in [5.41, 5.74) is 0. The van der Waals surface area contributed by atoms with Crippen LogP contribution >= 0.6 is 27.5 Å². The Labute approximate surface area is 123 Å². The van der Waals surface area contributed by atoms with Crippen LogP contribution in [0.25, 0.3) is 10.8 Å². The minimum atomic E-state index is 0.264. The van der Waals surface area contributed by atoms with Crippen molar-refractivity contribution in [2.75, 3.05) is 0 Å². The summed E-state index contributed by atoms with van der Waals surface area (Å²) in [7, 11) is 0. The van der Waals surface area contributed by atoms with E-state index in [2.05, 4.69) is 25.9 Å². The SMILES string of the molecule is Clc1cnc(Oc2ccc3ccccc3c2Br)nc1. The molecule has 0 aliphatic carbocycles. The van der Waals surface area contributed by atoms with E-state index in [0.29, 0.717) is 10.8 Å². The van der Waals surface area contributed by atoms with Crippen molar-refractivity contribution in [3.8, 4) is 11.8 Å². The second kappa shape index (κ2) is 5.15. The molecule has 94 valence electrons. The number of halogens is 2. The highest BCUT2D eigenvalue weighted by Gasteiger charge is 2.08. The molecule has 0 saturated carbocycles. The lowest BCUT2D eigenvalue weighted by Crippen LogP contribution is -1.92. The zero-order chi connectivity index (χ0) is 13.2. The van der Waals surface area contributed by atoms with Gasteiger partial charge in [-0.05, 0) is 32.8 Å². The number of benzene rings is 2. The number of rotatable bonds is 2. The van der Waals surface area contributed by atoms with Gasteiger partial charge in [-0.1, -0.05) is 41.9 Å². The summed E-state index contributed by atoms with van der Waals surface area (Å²) >= 11 is 9.28. The third-order valence-corrected chi connectivity index (χ3v) is 3.64. The van der Waals surface area contributed by atoms with Crippen molar-refractivity contribution in [1.82, 2.24) is 9.97 Å². The minimum absolute atomic E-state index is 0.264. The normalized spacial score (nSPS) is 10.6. The van der Waals surface area contributed by atoms with Gasteiger partial charge in [-0.15, -0.1) is 0 Å². The number of ether oxygens (including phenoxy) is 1. The lowest BCUT2D eigenvalue weighted by molar-refractivity contribution is 0.440. The van der Waals surface area contributed by atoms with Gasteiger partial charge < -0.3 is 4.74 Å². The van der Waals surface area contributed by atoms with Gasteiger partial charge in [0.05, 0.1) is 21.9 Å². The van der Waals surface area contributed by atoms with Crippen LogP contribution in [0.1, 0.15) is 0 Å². The molecule has 3 aromatic rings. The first-order valence-corrected chi connectivity index (χ1v) is 6.74. The molecular weight excluding hydrogens is 328 g/mol. The fraction of sp³-hybridized carbons (Fsp3) is 0. The number of hydrogen-bond acceptors (Lipinski definition) is 3. The first kappa shape index (κ1) is 12.4. The van der Waals surface area contributed by atoms with Gasteiger partial charge in [-0.3, -0.25) is 0 Å². The average molecular weight is 336 g/mol. The van der Waals surface area contributed by atoms with Crippen molar-refractivity contribution in [1.29, 1.82) is 0 Å². The van der Waals surface area contributed by atoms with Gasteiger partial charge in [0.1, 0.15) is 5.75 Å². The maximum Gasteiger partial charge on any atom is 0.321 e. The van der Waals surface area contributed by atoms with E-state index >= 15 is 0 Å². The number of hydrogen-bond donors (Lipinski definition) is 0. The van der Waals surface area contributed by atoms with E-state index < -0.39 is 0 Å². The van der Waals surface area contributed by atoms with Crippen molar-refractivity contribution in [3.63, 3.8) is 0 Å². The van der Waals surface area contributed by atoms with Gasteiger partial charge in [-0.25, -0.2) is 9.97 Å². The quantitative estimate of drug-likeness (QED) is 0.672. The molecule has 3 rings (SSSR count). The number of aromatic nitrogens is 2. The van der Waals surface area contributed by atoms with Crippen molar-refractivity contribution in [2.24, 2.45) is 0 Å². The molecule has 0 unspecified atom stereocenters. The first-order valence-electron chi connectivity index (χ1n) is 5.57. The average Bonchev–Trinajstić information content (AvgIpc) is 2.45. The molecule has 0 spiro atoms. The molecule has 0 aliphatic rings. The molecule has 1 aromatic heterocycles. The molecule has 5 heteroatoms. The Hall–Kier alpha value is -1.65. The largest absolute Gasteiger partial charge is 0.423 e. The Morgan fingerprint density at radius 3 is 2.53 bits per heavy atom. The summed E-state index contributed by atoms with van der Waals surface area (Å²) in [5, 5.41) is 2.69. The second-order valence-corrected chi connectivity index (χ2v) is 5.11. The predicted octanol–water partition coefficient (Wildman–Crippen LogP) is 4.84. The summed E-state index contributed by atoms with van der Waals surface area (Å²) in [5.74, 6) is 0.668.